The lowest BCUT2D eigenvalue weighted by Gasteiger charge is -2.71. The number of carbonyl (C=O) groups excluding carboxylic acids is 2. The molecule has 2 saturated heterocycles. The Morgan fingerprint density at radius 3 is 2.26 bits per heavy atom. The maximum absolute atomic E-state index is 13.8. The first-order valence-corrected chi connectivity index (χ1v) is 13.5. The number of carbonyl (C=O) groups is 2. The Morgan fingerprint density at radius 1 is 1.13 bits per heavy atom. The number of likely N-dealkylation sites (tertiary alicyclic amines) is 1. The second-order valence-corrected chi connectivity index (χ2v) is 12.9. The van der Waals surface area contributed by atoms with E-state index in [1.807, 2.05) is 13.8 Å². The molecular formula is C28H48ClNO8. The van der Waals surface area contributed by atoms with Gasteiger partial charge in [-0.1, -0.05) is 39.7 Å². The Morgan fingerprint density at radius 2 is 1.71 bits per heavy atom. The molecule has 0 radical (unpaired) electrons. The zero-order valence-corrected chi connectivity index (χ0v) is 24.3. The van der Waals surface area contributed by atoms with Crippen molar-refractivity contribution in [2.45, 2.75) is 115 Å². The predicted octanol–water partition coefficient (Wildman–Crippen LogP) is 1.97. The van der Waals surface area contributed by atoms with E-state index in [-0.39, 0.29) is 30.8 Å². The minimum absolute atomic E-state index is 0. The van der Waals surface area contributed by atoms with Crippen molar-refractivity contribution in [3.63, 3.8) is 0 Å². The molecule has 2 aliphatic heterocycles. The fourth-order valence-electron chi connectivity index (χ4n) is 8.07. The summed E-state index contributed by atoms with van der Waals surface area (Å²) in [5.41, 5.74) is -7.12. The summed E-state index contributed by atoms with van der Waals surface area (Å²) in [7, 11) is 0. The standard InChI is InChI=1S/C28H45NO7.ClH.H2O/c1-7-25(4)16-19(31)28(34)26(5)18(30)12-13-24(2,3)22(26)21(23(33)27(28,6)36-25)35-20(32)17-29-14-10-8-9-11-15-29;;/h7,18,21-23,30,33-34H,1,8-17H2,2-6H3;1H;1H2/t18-,21-,22-,23-,25-,26-,27+,28-;;/m0../s1. The highest BCUT2D eigenvalue weighted by molar-refractivity contribution is 5.92. The lowest BCUT2D eigenvalue weighted by Crippen LogP contribution is -2.86. The van der Waals surface area contributed by atoms with Gasteiger partial charge >= 0.3 is 5.97 Å². The van der Waals surface area contributed by atoms with Crippen LogP contribution in [0.5, 0.6) is 0 Å². The lowest BCUT2D eigenvalue weighted by atomic mass is 9.40. The second-order valence-electron chi connectivity index (χ2n) is 12.9. The monoisotopic (exact) mass is 561 g/mol. The van der Waals surface area contributed by atoms with Crippen molar-refractivity contribution in [2.24, 2.45) is 16.7 Å². The van der Waals surface area contributed by atoms with Gasteiger partial charge in [-0.15, -0.1) is 19.0 Å². The van der Waals surface area contributed by atoms with Crippen LogP contribution in [0.4, 0.5) is 0 Å². The van der Waals surface area contributed by atoms with Crippen LogP contribution in [-0.2, 0) is 19.1 Å². The van der Waals surface area contributed by atoms with E-state index >= 15 is 0 Å². The number of rotatable bonds is 4. The van der Waals surface area contributed by atoms with Gasteiger partial charge in [-0.05, 0) is 58.0 Å². The van der Waals surface area contributed by atoms with Crippen molar-refractivity contribution >= 4 is 24.2 Å². The Kier molecular flexibility index (Phi) is 9.65. The first kappa shape index (κ1) is 33.1. The molecule has 5 N–H and O–H groups in total. The van der Waals surface area contributed by atoms with Gasteiger partial charge in [0.25, 0.3) is 0 Å². The minimum atomic E-state index is -2.20. The number of ether oxygens (including phenoxy) is 2. The van der Waals surface area contributed by atoms with Crippen LogP contribution < -0.4 is 0 Å². The zero-order valence-electron chi connectivity index (χ0n) is 23.5. The quantitative estimate of drug-likeness (QED) is 0.348. The molecule has 4 aliphatic rings. The van der Waals surface area contributed by atoms with Crippen molar-refractivity contribution in [1.29, 1.82) is 0 Å². The summed E-state index contributed by atoms with van der Waals surface area (Å²) in [6.45, 7) is 14.4. The minimum Gasteiger partial charge on any atom is -0.458 e. The van der Waals surface area contributed by atoms with Crippen LogP contribution in [0.15, 0.2) is 12.7 Å². The zero-order chi connectivity index (χ0) is 26.7. The number of nitrogens with zero attached hydrogens (tertiary/aromatic N) is 1. The number of esters is 1. The van der Waals surface area contributed by atoms with Crippen molar-refractivity contribution in [2.75, 3.05) is 19.6 Å². The molecular weight excluding hydrogens is 514 g/mol. The molecule has 0 amide bonds. The van der Waals surface area contributed by atoms with Crippen LogP contribution in [0.25, 0.3) is 0 Å². The molecule has 220 valence electrons. The number of hydrogen-bond acceptors (Lipinski definition) is 8. The third-order valence-corrected chi connectivity index (χ3v) is 10.1. The molecule has 0 aromatic rings. The maximum Gasteiger partial charge on any atom is 0.320 e. The lowest BCUT2D eigenvalue weighted by molar-refractivity contribution is -0.370. The molecule has 0 aromatic carbocycles. The molecule has 9 nitrogen and oxygen atoms in total. The number of halogens is 1. The summed E-state index contributed by atoms with van der Waals surface area (Å²) in [4.78, 5) is 29.2. The molecule has 8 atom stereocenters. The average Bonchev–Trinajstić information content (AvgIpc) is 3.06. The number of Topliss-reactive ketones (excluding diaryl/α,β-unsaturated/α-hetero) is 1. The number of fused-ring (bicyclic) bond motifs is 3. The summed E-state index contributed by atoms with van der Waals surface area (Å²) in [6, 6.07) is 0. The van der Waals surface area contributed by atoms with E-state index in [2.05, 4.69) is 11.5 Å². The van der Waals surface area contributed by atoms with Crippen LogP contribution in [0, 0.1) is 16.7 Å². The highest BCUT2D eigenvalue weighted by Gasteiger charge is 2.81. The highest BCUT2D eigenvalue weighted by Crippen LogP contribution is 2.67. The van der Waals surface area contributed by atoms with Crippen LogP contribution in [0.1, 0.15) is 79.6 Å². The fraction of sp³-hybridized carbons (Fsp3) is 0.857. The molecule has 0 bridgehead atoms. The Bertz CT molecular complexity index is 907. The molecule has 4 rings (SSSR count). The summed E-state index contributed by atoms with van der Waals surface area (Å²) >= 11 is 0. The maximum atomic E-state index is 13.8. The molecule has 0 aromatic heterocycles. The predicted molar refractivity (Wildman–Crippen MR) is 145 cm³/mol. The van der Waals surface area contributed by atoms with E-state index in [1.54, 1.807) is 13.8 Å². The van der Waals surface area contributed by atoms with Gasteiger partial charge < -0.3 is 30.3 Å². The molecule has 10 heteroatoms. The normalized spacial score (nSPS) is 44.8. The third kappa shape index (κ3) is 4.76. The number of aliphatic hydroxyl groups excluding tert-OH is 2. The summed E-state index contributed by atoms with van der Waals surface area (Å²) in [6.07, 6.45) is 3.03. The van der Waals surface area contributed by atoms with Crippen LogP contribution in [-0.4, -0.2) is 92.2 Å². The summed E-state index contributed by atoms with van der Waals surface area (Å²) < 4.78 is 12.4. The fourth-order valence-corrected chi connectivity index (χ4v) is 8.07. The van der Waals surface area contributed by atoms with Crippen LogP contribution in [0.2, 0.25) is 0 Å². The van der Waals surface area contributed by atoms with E-state index in [1.165, 1.54) is 13.0 Å². The Hall–Kier alpha value is -1.07. The molecule has 0 unspecified atom stereocenters. The molecule has 2 saturated carbocycles. The molecule has 2 aliphatic carbocycles. The SMILES string of the molecule is C=C[C@@]1(C)CC(=O)[C@]2(O)[C@@]3(C)[C@@H](O)CCC(C)(C)[C@@H]3[C@H](OC(=O)CN3CCCCCC3)[C@H](O)[C@@]2(C)O1.Cl.O. The average molecular weight is 562 g/mol. The summed E-state index contributed by atoms with van der Waals surface area (Å²) in [5.74, 6) is -1.64. The van der Waals surface area contributed by atoms with Gasteiger partial charge in [0, 0.05) is 17.8 Å². The van der Waals surface area contributed by atoms with Gasteiger partial charge in [-0.2, -0.15) is 0 Å². The topological polar surface area (TPSA) is 148 Å². The number of ketones is 1. The third-order valence-electron chi connectivity index (χ3n) is 10.1. The molecule has 0 spiro atoms. The molecule has 2 heterocycles. The van der Waals surface area contributed by atoms with Gasteiger partial charge in [0.1, 0.15) is 17.8 Å². The second kappa shape index (κ2) is 11.1. The number of aliphatic hydroxyl groups is 3. The largest absolute Gasteiger partial charge is 0.458 e. The van der Waals surface area contributed by atoms with Gasteiger partial charge in [-0.25, -0.2) is 0 Å². The van der Waals surface area contributed by atoms with Gasteiger partial charge in [-0.3, -0.25) is 14.5 Å². The van der Waals surface area contributed by atoms with Crippen LogP contribution >= 0.6 is 12.4 Å². The Balaban J connectivity index is 0.00000253. The van der Waals surface area contributed by atoms with Crippen molar-refractivity contribution in [3.05, 3.63) is 12.7 Å². The van der Waals surface area contributed by atoms with E-state index in [0.29, 0.717) is 12.8 Å². The Labute approximate surface area is 232 Å². The highest BCUT2D eigenvalue weighted by atomic mass is 35.5. The van der Waals surface area contributed by atoms with Crippen LogP contribution in [0.3, 0.4) is 0 Å². The first-order valence-electron chi connectivity index (χ1n) is 13.5. The first-order chi connectivity index (χ1) is 16.7. The molecule has 38 heavy (non-hydrogen) atoms. The smallest absolute Gasteiger partial charge is 0.320 e. The van der Waals surface area contributed by atoms with E-state index in [0.717, 1.165) is 38.8 Å². The van der Waals surface area contributed by atoms with Crippen molar-refractivity contribution in [3.8, 4) is 0 Å². The van der Waals surface area contributed by atoms with Gasteiger partial charge in [0.05, 0.1) is 18.2 Å². The van der Waals surface area contributed by atoms with E-state index < -0.39 is 63.6 Å². The number of hydrogen-bond donors (Lipinski definition) is 3. The van der Waals surface area contributed by atoms with Crippen molar-refractivity contribution < 1.29 is 39.9 Å². The molecule has 4 fully saturated rings. The van der Waals surface area contributed by atoms with E-state index in [9.17, 15) is 24.9 Å². The van der Waals surface area contributed by atoms with Gasteiger partial charge in [0.2, 0.25) is 0 Å². The van der Waals surface area contributed by atoms with Gasteiger partial charge in [0.15, 0.2) is 11.4 Å². The summed E-state index contributed by atoms with van der Waals surface area (Å²) in [5, 5.41) is 35.6. The van der Waals surface area contributed by atoms with E-state index in [4.69, 9.17) is 9.47 Å². The van der Waals surface area contributed by atoms with Crippen molar-refractivity contribution in [1.82, 2.24) is 4.90 Å².